The van der Waals surface area contributed by atoms with E-state index in [4.69, 9.17) is 23.1 Å². The van der Waals surface area contributed by atoms with Crippen LogP contribution in [0.5, 0.6) is 0 Å². The van der Waals surface area contributed by atoms with Crippen LogP contribution in [0.3, 0.4) is 0 Å². The molecule has 0 aliphatic carbocycles. The van der Waals surface area contributed by atoms with Crippen molar-refractivity contribution < 1.29 is 4.79 Å². The Labute approximate surface area is 126 Å². The topological polar surface area (TPSA) is 81.1 Å². The number of thiophene rings is 1. The van der Waals surface area contributed by atoms with Crippen molar-refractivity contribution >= 4 is 40.2 Å². The zero-order valence-electron chi connectivity index (χ0n) is 11.0. The summed E-state index contributed by atoms with van der Waals surface area (Å²) >= 11 is 7.85. The number of benzene rings is 1. The molecule has 1 unspecified atom stereocenters. The highest BCUT2D eigenvalue weighted by molar-refractivity contribution is 7.09. The van der Waals surface area contributed by atoms with E-state index >= 15 is 0 Å². The van der Waals surface area contributed by atoms with E-state index in [1.807, 2.05) is 18.4 Å². The number of carbonyl (C=O) groups is 1. The molecule has 0 spiro atoms. The van der Waals surface area contributed by atoms with Gasteiger partial charge in [-0.05, 0) is 30.5 Å². The Bertz CT molecular complexity index is 613. The third kappa shape index (κ3) is 3.43. The molecule has 1 atom stereocenters. The maximum absolute atomic E-state index is 11.5. The van der Waals surface area contributed by atoms with Crippen molar-refractivity contribution in [1.29, 1.82) is 0 Å². The summed E-state index contributed by atoms with van der Waals surface area (Å²) in [6.07, 6.45) is 0.844. The normalized spacial score (nSPS) is 12.1. The average molecular weight is 310 g/mol. The number of halogens is 1. The zero-order chi connectivity index (χ0) is 14.7. The first-order valence-electron chi connectivity index (χ1n) is 6.15. The van der Waals surface area contributed by atoms with Crippen molar-refractivity contribution in [3.05, 3.63) is 45.1 Å². The Morgan fingerprint density at radius 3 is 2.85 bits per heavy atom. The molecule has 0 fully saturated rings. The van der Waals surface area contributed by atoms with Crippen molar-refractivity contribution in [1.82, 2.24) is 0 Å². The van der Waals surface area contributed by atoms with E-state index in [-0.39, 0.29) is 6.04 Å². The van der Waals surface area contributed by atoms with Crippen molar-refractivity contribution in [2.75, 3.05) is 11.1 Å². The summed E-state index contributed by atoms with van der Waals surface area (Å²) in [7, 11) is 0. The van der Waals surface area contributed by atoms with Crippen molar-refractivity contribution in [3.8, 4) is 0 Å². The van der Waals surface area contributed by atoms with Crippen molar-refractivity contribution in [2.45, 2.75) is 19.4 Å². The van der Waals surface area contributed by atoms with Crippen LogP contribution in [-0.2, 0) is 6.42 Å². The molecule has 2 rings (SSSR count). The van der Waals surface area contributed by atoms with Gasteiger partial charge in [0.1, 0.15) is 0 Å². The van der Waals surface area contributed by atoms with Gasteiger partial charge in [-0.2, -0.15) is 0 Å². The first-order valence-corrected chi connectivity index (χ1v) is 7.41. The molecule has 5 N–H and O–H groups in total. The lowest BCUT2D eigenvalue weighted by molar-refractivity contribution is 0.100. The Morgan fingerprint density at radius 1 is 1.50 bits per heavy atom. The molecular weight excluding hydrogens is 294 g/mol. The molecule has 1 aromatic carbocycles. The molecule has 0 radical (unpaired) electrons. The molecule has 1 amide bonds. The molecule has 0 aliphatic heterocycles. The second-order valence-electron chi connectivity index (χ2n) is 4.62. The van der Waals surface area contributed by atoms with E-state index in [9.17, 15) is 4.79 Å². The van der Waals surface area contributed by atoms with Gasteiger partial charge in [0, 0.05) is 23.0 Å². The molecule has 0 saturated carbocycles. The van der Waals surface area contributed by atoms with Gasteiger partial charge in [0.2, 0.25) is 0 Å². The maximum atomic E-state index is 11.5. The first-order chi connectivity index (χ1) is 9.47. The van der Waals surface area contributed by atoms with E-state index in [2.05, 4.69) is 11.4 Å². The highest BCUT2D eigenvalue weighted by Crippen LogP contribution is 2.30. The average Bonchev–Trinajstić information content (AvgIpc) is 2.84. The van der Waals surface area contributed by atoms with Gasteiger partial charge < -0.3 is 16.8 Å². The monoisotopic (exact) mass is 309 g/mol. The lowest BCUT2D eigenvalue weighted by Crippen LogP contribution is -2.22. The summed E-state index contributed by atoms with van der Waals surface area (Å²) in [5.41, 5.74) is 12.3. The zero-order valence-corrected chi connectivity index (χ0v) is 12.6. The number of nitrogen functional groups attached to an aromatic ring is 1. The van der Waals surface area contributed by atoms with Crippen LogP contribution in [0, 0.1) is 0 Å². The number of nitrogens with two attached hydrogens (primary N) is 2. The number of rotatable bonds is 5. The van der Waals surface area contributed by atoms with Gasteiger partial charge in [0.25, 0.3) is 5.91 Å². The third-order valence-electron chi connectivity index (χ3n) is 2.86. The molecular formula is C14H16ClN3OS. The molecule has 1 aromatic heterocycles. The van der Waals surface area contributed by atoms with E-state index in [1.54, 1.807) is 17.4 Å². The van der Waals surface area contributed by atoms with Gasteiger partial charge in [0.05, 0.1) is 16.3 Å². The lowest BCUT2D eigenvalue weighted by Gasteiger charge is -2.18. The van der Waals surface area contributed by atoms with E-state index < -0.39 is 5.91 Å². The van der Waals surface area contributed by atoms with Crippen LogP contribution in [0.25, 0.3) is 0 Å². The minimum Gasteiger partial charge on any atom is -0.399 e. The molecule has 2 aromatic rings. The molecule has 0 aliphatic rings. The van der Waals surface area contributed by atoms with Gasteiger partial charge in [-0.15, -0.1) is 11.3 Å². The van der Waals surface area contributed by atoms with E-state index in [1.165, 1.54) is 10.9 Å². The van der Waals surface area contributed by atoms with Gasteiger partial charge in [-0.3, -0.25) is 4.79 Å². The predicted octanol–water partition coefficient (Wildman–Crippen LogP) is 3.13. The Hall–Kier alpha value is -1.72. The lowest BCUT2D eigenvalue weighted by atomic mass is 10.1. The number of hydrogen-bond donors (Lipinski definition) is 3. The molecule has 106 valence electrons. The van der Waals surface area contributed by atoms with Gasteiger partial charge in [0.15, 0.2) is 0 Å². The number of carbonyl (C=O) groups excluding carboxylic acids is 1. The van der Waals surface area contributed by atoms with E-state index in [0.29, 0.717) is 22.0 Å². The highest BCUT2D eigenvalue weighted by atomic mass is 35.5. The van der Waals surface area contributed by atoms with E-state index in [0.717, 1.165) is 6.42 Å². The Morgan fingerprint density at radius 2 is 2.25 bits per heavy atom. The fourth-order valence-corrected chi connectivity index (χ4v) is 3.11. The third-order valence-corrected chi connectivity index (χ3v) is 4.05. The largest absolute Gasteiger partial charge is 0.399 e. The molecule has 0 saturated heterocycles. The molecule has 6 heteroatoms. The SMILES string of the molecule is CC(Cc1cccs1)Nc1c(Cl)cc(N)cc1C(N)=O. The number of nitrogens with one attached hydrogen (secondary N) is 1. The van der Waals surface area contributed by atoms with Crippen LogP contribution in [-0.4, -0.2) is 11.9 Å². The first kappa shape index (κ1) is 14.7. The smallest absolute Gasteiger partial charge is 0.250 e. The van der Waals surface area contributed by atoms with Gasteiger partial charge in [-0.25, -0.2) is 0 Å². The number of primary amides is 1. The summed E-state index contributed by atoms with van der Waals surface area (Å²) < 4.78 is 0. The molecule has 20 heavy (non-hydrogen) atoms. The number of hydrogen-bond acceptors (Lipinski definition) is 4. The Balaban J connectivity index is 2.22. The minimum absolute atomic E-state index is 0.118. The van der Waals surface area contributed by atoms with Crippen LogP contribution in [0.4, 0.5) is 11.4 Å². The summed E-state index contributed by atoms with van der Waals surface area (Å²) in [6, 6.07) is 7.34. The van der Waals surface area contributed by atoms with Gasteiger partial charge >= 0.3 is 0 Å². The van der Waals surface area contributed by atoms with Crippen LogP contribution < -0.4 is 16.8 Å². The number of anilines is 2. The Kier molecular flexibility index (Phi) is 4.52. The molecule has 4 nitrogen and oxygen atoms in total. The standard InChI is InChI=1S/C14H16ClN3OS/c1-8(5-10-3-2-4-20-10)18-13-11(14(17)19)6-9(16)7-12(13)15/h2-4,6-8,18H,5,16H2,1H3,(H2,17,19). The van der Waals surface area contributed by atoms with Crippen LogP contribution in [0.2, 0.25) is 5.02 Å². The maximum Gasteiger partial charge on any atom is 0.250 e. The van der Waals surface area contributed by atoms with Crippen LogP contribution >= 0.6 is 22.9 Å². The number of amides is 1. The van der Waals surface area contributed by atoms with Crippen LogP contribution in [0.1, 0.15) is 22.2 Å². The minimum atomic E-state index is -0.551. The second-order valence-corrected chi connectivity index (χ2v) is 6.06. The van der Waals surface area contributed by atoms with Crippen molar-refractivity contribution in [3.63, 3.8) is 0 Å². The summed E-state index contributed by atoms with van der Waals surface area (Å²) in [5.74, 6) is -0.551. The van der Waals surface area contributed by atoms with Crippen LogP contribution in [0.15, 0.2) is 29.6 Å². The summed E-state index contributed by atoms with van der Waals surface area (Å²) in [4.78, 5) is 12.8. The summed E-state index contributed by atoms with van der Waals surface area (Å²) in [6.45, 7) is 2.02. The summed E-state index contributed by atoms with van der Waals surface area (Å²) in [5, 5.41) is 5.68. The quantitative estimate of drug-likeness (QED) is 0.742. The fraction of sp³-hybridized carbons (Fsp3) is 0.214. The second kappa shape index (κ2) is 6.15. The fourth-order valence-electron chi connectivity index (χ4n) is 2.00. The molecule has 1 heterocycles. The molecule has 0 bridgehead atoms. The van der Waals surface area contributed by atoms with Gasteiger partial charge in [-0.1, -0.05) is 17.7 Å². The highest BCUT2D eigenvalue weighted by Gasteiger charge is 2.15. The predicted molar refractivity (Wildman–Crippen MR) is 85.5 cm³/mol. The van der Waals surface area contributed by atoms with Crippen molar-refractivity contribution in [2.24, 2.45) is 5.73 Å².